The number of hydrogen-bond acceptors (Lipinski definition) is 7. The molecular formula is C33H44FN3O5S. The van der Waals surface area contributed by atoms with Crippen LogP contribution in [0.3, 0.4) is 0 Å². The molecule has 2 aromatic carbocycles. The van der Waals surface area contributed by atoms with Crippen LogP contribution in [0.25, 0.3) is 0 Å². The Labute approximate surface area is 255 Å². The summed E-state index contributed by atoms with van der Waals surface area (Å²) in [5.74, 6) is 2.37. The van der Waals surface area contributed by atoms with Gasteiger partial charge >= 0.3 is 0 Å². The molecule has 10 heteroatoms. The maximum Gasteiger partial charge on any atom is 0.214 e. The number of sulfonamides is 1. The Morgan fingerprint density at radius 2 is 2.05 bits per heavy atom. The molecule has 1 fully saturated rings. The summed E-state index contributed by atoms with van der Waals surface area (Å²) in [6.07, 6.45) is 9.04. The van der Waals surface area contributed by atoms with Crippen molar-refractivity contribution in [2.75, 3.05) is 38.5 Å². The Morgan fingerprint density at radius 1 is 1.23 bits per heavy atom. The molecule has 0 amide bonds. The maximum atomic E-state index is 14.6. The first-order valence-corrected chi connectivity index (χ1v) is 16.9. The van der Waals surface area contributed by atoms with Crippen LogP contribution in [0.1, 0.15) is 68.6 Å². The number of ketones is 1. The quantitative estimate of drug-likeness (QED) is 0.411. The Kier molecular flexibility index (Phi) is 11.7. The van der Waals surface area contributed by atoms with Crippen LogP contribution in [0.15, 0.2) is 42.5 Å². The van der Waals surface area contributed by atoms with Crippen LogP contribution < -0.4 is 15.4 Å². The molecule has 1 saturated carbocycles. The van der Waals surface area contributed by atoms with Gasteiger partial charge in [0.05, 0.1) is 25.0 Å². The number of hydrogen-bond donors (Lipinski definition) is 3. The van der Waals surface area contributed by atoms with Crippen molar-refractivity contribution in [3.63, 3.8) is 0 Å². The number of benzene rings is 2. The van der Waals surface area contributed by atoms with E-state index in [1.165, 1.54) is 16.4 Å². The van der Waals surface area contributed by atoms with Crippen molar-refractivity contribution in [3.05, 3.63) is 65.0 Å². The van der Waals surface area contributed by atoms with Crippen molar-refractivity contribution >= 4 is 15.8 Å². The van der Waals surface area contributed by atoms with Crippen molar-refractivity contribution in [1.82, 2.24) is 14.9 Å². The van der Waals surface area contributed by atoms with Crippen LogP contribution in [0.4, 0.5) is 4.39 Å². The molecule has 0 unspecified atom stereocenters. The van der Waals surface area contributed by atoms with Crippen LogP contribution in [0.2, 0.25) is 0 Å². The Hall–Kier alpha value is -2.81. The second-order valence-corrected chi connectivity index (χ2v) is 13.7. The molecule has 2 bridgehead atoms. The molecule has 1 aliphatic heterocycles. The van der Waals surface area contributed by atoms with E-state index in [9.17, 15) is 22.7 Å². The van der Waals surface area contributed by atoms with Gasteiger partial charge in [0, 0.05) is 49.3 Å². The lowest BCUT2D eigenvalue weighted by Crippen LogP contribution is -2.49. The number of nitrogens with zero attached hydrogens (tertiary/aromatic N) is 1. The lowest BCUT2D eigenvalue weighted by Gasteiger charge is -2.27. The molecule has 3 N–H and O–H groups in total. The maximum absolute atomic E-state index is 14.6. The van der Waals surface area contributed by atoms with Gasteiger partial charge < -0.3 is 20.5 Å². The van der Waals surface area contributed by atoms with E-state index in [1.807, 2.05) is 31.2 Å². The lowest BCUT2D eigenvalue weighted by molar-refractivity contribution is -0.118. The molecule has 1 heterocycles. The van der Waals surface area contributed by atoms with Crippen LogP contribution in [-0.2, 0) is 26.8 Å². The average molecular weight is 614 g/mol. The number of carbonyl (C=O) groups is 1. The van der Waals surface area contributed by atoms with E-state index in [2.05, 4.69) is 16.6 Å². The zero-order valence-electron chi connectivity index (χ0n) is 25.0. The second-order valence-electron chi connectivity index (χ2n) is 11.7. The first kappa shape index (κ1) is 33.1. The van der Waals surface area contributed by atoms with Gasteiger partial charge in [-0.05, 0) is 80.3 Å². The van der Waals surface area contributed by atoms with Crippen LogP contribution in [0, 0.1) is 18.2 Å². The van der Waals surface area contributed by atoms with Gasteiger partial charge in [-0.15, -0.1) is 6.42 Å². The van der Waals surface area contributed by atoms with Crippen LogP contribution in [0.5, 0.6) is 5.75 Å². The first-order valence-electron chi connectivity index (χ1n) is 15.3. The summed E-state index contributed by atoms with van der Waals surface area (Å²) in [4.78, 5) is 12.8. The van der Waals surface area contributed by atoms with E-state index < -0.39 is 28.0 Å². The number of fused-ring (bicyclic) bond motifs is 2. The van der Waals surface area contributed by atoms with E-state index in [1.54, 1.807) is 6.07 Å². The average Bonchev–Trinajstić information content (AvgIpc) is 3.78. The summed E-state index contributed by atoms with van der Waals surface area (Å²) in [7, 11) is -3.49. The minimum Gasteiger partial charge on any atom is -0.493 e. The molecule has 4 rings (SSSR count). The highest BCUT2D eigenvalue weighted by atomic mass is 32.2. The number of terminal acetylenes is 1. The number of carbonyl (C=O) groups excluding carboxylic acids is 1. The summed E-state index contributed by atoms with van der Waals surface area (Å²) in [5.41, 5.74) is 2.24. The molecular weight excluding hydrogens is 569 g/mol. The number of aliphatic hydroxyl groups excluding tert-OH is 1. The van der Waals surface area contributed by atoms with E-state index in [0.717, 1.165) is 24.0 Å². The molecule has 2 aliphatic rings. The summed E-state index contributed by atoms with van der Waals surface area (Å²) >= 11 is 0. The number of halogens is 1. The van der Waals surface area contributed by atoms with Crippen molar-refractivity contribution in [1.29, 1.82) is 0 Å². The third-order valence-corrected chi connectivity index (χ3v) is 10.1. The molecule has 2 atom stereocenters. The lowest BCUT2D eigenvalue weighted by atomic mass is 9.98. The third-order valence-electron chi connectivity index (χ3n) is 8.19. The molecule has 8 nitrogen and oxygen atoms in total. The highest BCUT2D eigenvalue weighted by molar-refractivity contribution is 7.89. The Balaban J connectivity index is 1.48. The highest BCUT2D eigenvalue weighted by Gasteiger charge is 2.44. The molecule has 0 aromatic heterocycles. The van der Waals surface area contributed by atoms with Crippen molar-refractivity contribution in [3.8, 4) is 18.1 Å². The van der Waals surface area contributed by atoms with Crippen LogP contribution >= 0.6 is 0 Å². The summed E-state index contributed by atoms with van der Waals surface area (Å²) in [6, 6.07) is 11.7. The molecule has 234 valence electrons. The SMILES string of the molecule is C#Cc1cccc(C2(NC[C@@H](O)[C@@H]3Cc4cc(F)cc(c4)OCCCCN(CCC)S(=O)(=O)CCCC(=O)CN3)CC2)c1. The molecule has 0 radical (unpaired) electrons. The number of rotatable bonds is 7. The van der Waals surface area contributed by atoms with E-state index in [4.69, 9.17) is 11.2 Å². The minimum atomic E-state index is -3.49. The number of Topliss-reactive ketones (excluding diaryl/α,β-unsaturated/α-hetero) is 1. The van der Waals surface area contributed by atoms with Gasteiger partial charge in [0.15, 0.2) is 0 Å². The monoisotopic (exact) mass is 613 g/mol. The predicted molar refractivity (Wildman–Crippen MR) is 166 cm³/mol. The first-order chi connectivity index (χ1) is 20.6. The number of nitrogens with one attached hydrogen (secondary N) is 2. The highest BCUT2D eigenvalue weighted by Crippen LogP contribution is 2.45. The van der Waals surface area contributed by atoms with Crippen molar-refractivity contribution in [2.24, 2.45) is 0 Å². The van der Waals surface area contributed by atoms with Gasteiger partial charge in [-0.2, -0.15) is 0 Å². The Morgan fingerprint density at radius 3 is 2.79 bits per heavy atom. The fraction of sp³-hybridized carbons (Fsp3) is 0.545. The normalized spacial score (nSPS) is 22.4. The van der Waals surface area contributed by atoms with E-state index >= 15 is 0 Å². The number of aliphatic hydroxyl groups is 1. The predicted octanol–water partition coefficient (Wildman–Crippen LogP) is 3.51. The van der Waals surface area contributed by atoms with Crippen molar-refractivity contribution in [2.45, 2.75) is 76.0 Å². The minimum absolute atomic E-state index is 0.0333. The number of ether oxygens (including phenoxy) is 1. The van der Waals surface area contributed by atoms with Gasteiger partial charge in [0.2, 0.25) is 10.0 Å². The largest absolute Gasteiger partial charge is 0.493 e. The molecule has 0 saturated heterocycles. The van der Waals surface area contributed by atoms with Gasteiger partial charge in [0.1, 0.15) is 17.3 Å². The zero-order chi connectivity index (χ0) is 30.9. The topological polar surface area (TPSA) is 108 Å². The second kappa shape index (κ2) is 15.3. The Bertz CT molecular complexity index is 1390. The van der Waals surface area contributed by atoms with Gasteiger partial charge in [-0.1, -0.05) is 25.0 Å². The zero-order valence-corrected chi connectivity index (χ0v) is 25.8. The van der Waals surface area contributed by atoms with Gasteiger partial charge in [-0.25, -0.2) is 17.1 Å². The fourth-order valence-electron chi connectivity index (χ4n) is 5.60. The third kappa shape index (κ3) is 9.59. The van der Waals surface area contributed by atoms with E-state index in [-0.39, 0.29) is 49.4 Å². The summed E-state index contributed by atoms with van der Waals surface area (Å²) in [5, 5.41) is 18.0. The van der Waals surface area contributed by atoms with E-state index in [0.29, 0.717) is 50.3 Å². The summed E-state index contributed by atoms with van der Waals surface area (Å²) < 4.78 is 47.8. The van der Waals surface area contributed by atoms with Gasteiger partial charge in [-0.3, -0.25) is 4.79 Å². The summed E-state index contributed by atoms with van der Waals surface area (Å²) in [6.45, 7) is 3.28. The van der Waals surface area contributed by atoms with Crippen LogP contribution in [-0.4, -0.2) is 74.3 Å². The molecule has 2 aromatic rings. The van der Waals surface area contributed by atoms with Crippen molar-refractivity contribution < 1.29 is 27.4 Å². The molecule has 43 heavy (non-hydrogen) atoms. The fourth-order valence-corrected chi connectivity index (χ4v) is 7.23. The molecule has 1 aliphatic carbocycles. The standard InChI is InChI=1S/C33H44FN3O5S/c1-3-14-37-15-5-6-16-42-30-20-26(19-28(34)22-30)21-31(35-23-29(38)11-8-17-43(37,40)41)32(39)24-36-33(12-13-33)27-10-7-9-25(4-2)18-27/h2,7,9-10,18-20,22,31-32,35-36,39H,3,5-6,8,11-17,21,23-24H2,1H3/t31-,32+/m0/s1. The molecule has 0 spiro atoms. The van der Waals surface area contributed by atoms with Gasteiger partial charge in [0.25, 0.3) is 0 Å². The smallest absolute Gasteiger partial charge is 0.214 e.